The van der Waals surface area contributed by atoms with Gasteiger partial charge in [-0.2, -0.15) is 0 Å². The maximum atomic E-state index is 12.0. The number of halogens is 3. The molecule has 23 heavy (non-hydrogen) atoms. The van der Waals surface area contributed by atoms with Crippen LogP contribution in [0.25, 0.3) is 6.08 Å². The highest BCUT2D eigenvalue weighted by Gasteiger charge is 2.24. The summed E-state index contributed by atoms with van der Waals surface area (Å²) in [5.74, 6) is -0.200. The molecule has 1 aliphatic rings. The number of carbonyl (C=O) groups is 1. The van der Waals surface area contributed by atoms with E-state index in [0.29, 0.717) is 30.8 Å². The molecule has 1 fully saturated rings. The van der Waals surface area contributed by atoms with E-state index >= 15 is 0 Å². The van der Waals surface area contributed by atoms with Crippen LogP contribution in [-0.2, 0) is 4.79 Å². The molecule has 2 aromatic rings. The van der Waals surface area contributed by atoms with Crippen molar-refractivity contribution in [3.8, 4) is 0 Å². The van der Waals surface area contributed by atoms with E-state index in [9.17, 15) is 4.79 Å². The van der Waals surface area contributed by atoms with Crippen molar-refractivity contribution in [3.05, 3.63) is 68.0 Å². The van der Waals surface area contributed by atoms with E-state index in [0.717, 1.165) is 5.56 Å². The Morgan fingerprint density at radius 1 is 1.00 bits per heavy atom. The van der Waals surface area contributed by atoms with E-state index in [1.54, 1.807) is 36.4 Å². The van der Waals surface area contributed by atoms with Crippen molar-refractivity contribution >= 4 is 69.4 Å². The van der Waals surface area contributed by atoms with Gasteiger partial charge in [0.1, 0.15) is 0 Å². The zero-order chi connectivity index (χ0) is 16.4. The molecule has 1 aliphatic heterocycles. The molecule has 0 atom stereocenters. The first kappa shape index (κ1) is 16.4. The van der Waals surface area contributed by atoms with Crippen molar-refractivity contribution in [3.63, 3.8) is 0 Å². The highest BCUT2D eigenvalue weighted by atomic mass is 35.5. The van der Waals surface area contributed by atoms with Gasteiger partial charge in [0.2, 0.25) is 0 Å². The minimum Gasteiger partial charge on any atom is -0.300 e. The third-order valence-electron chi connectivity index (χ3n) is 2.95. The number of hydrogen-bond donors (Lipinski definition) is 1. The molecule has 3 rings (SSSR count). The molecule has 0 unspecified atom stereocenters. The van der Waals surface area contributed by atoms with Gasteiger partial charge in [-0.05, 0) is 53.7 Å². The lowest BCUT2D eigenvalue weighted by Gasteiger charge is -1.99. The second kappa shape index (κ2) is 6.97. The van der Waals surface area contributed by atoms with Crippen molar-refractivity contribution in [1.82, 2.24) is 5.32 Å². The Bertz CT molecular complexity index is 832. The van der Waals surface area contributed by atoms with Crippen LogP contribution in [-0.4, -0.2) is 11.1 Å². The molecule has 3 nitrogen and oxygen atoms in total. The van der Waals surface area contributed by atoms with Gasteiger partial charge < -0.3 is 5.32 Å². The zero-order valence-electron chi connectivity index (χ0n) is 11.5. The summed E-state index contributed by atoms with van der Waals surface area (Å²) in [6, 6.07) is 12.2. The van der Waals surface area contributed by atoms with E-state index < -0.39 is 0 Å². The first-order valence-corrected chi connectivity index (χ1v) is 8.46. The molecule has 2 aromatic carbocycles. The summed E-state index contributed by atoms with van der Waals surface area (Å²) in [5, 5.41) is 4.79. The largest absolute Gasteiger partial charge is 0.300 e. The van der Waals surface area contributed by atoms with Gasteiger partial charge in [0.05, 0.1) is 15.6 Å². The summed E-state index contributed by atoms with van der Waals surface area (Å²) < 4.78 is 0. The summed E-state index contributed by atoms with van der Waals surface area (Å²) in [6.45, 7) is 0. The average Bonchev–Trinajstić information content (AvgIpc) is 2.84. The number of nitrogens with one attached hydrogen (secondary N) is 1. The lowest BCUT2D eigenvalue weighted by Crippen LogP contribution is -2.19. The van der Waals surface area contributed by atoms with Crippen LogP contribution < -0.4 is 5.32 Å². The maximum absolute atomic E-state index is 12.0. The Hall–Kier alpha value is -1.46. The van der Waals surface area contributed by atoms with Crippen LogP contribution in [0, 0.1) is 0 Å². The number of aliphatic imine (C=N–C) groups is 1. The standard InChI is InChI=1S/C16H9Cl3N2OS/c17-10-3-1-9(2-4-10)7-14-15(22)21-16(23-14)20-13-6-5-11(18)8-12(13)19/h1-8H,(H,20,21,22). The van der Waals surface area contributed by atoms with Crippen LogP contribution in [0.15, 0.2) is 52.4 Å². The van der Waals surface area contributed by atoms with Crippen molar-refractivity contribution in [1.29, 1.82) is 0 Å². The molecule has 0 radical (unpaired) electrons. The number of rotatable bonds is 2. The predicted octanol–water partition coefficient (Wildman–Crippen LogP) is 5.54. The molecular formula is C16H9Cl3N2OS. The SMILES string of the molecule is O=C1NC(=Nc2ccc(Cl)cc2Cl)SC1=Cc1ccc(Cl)cc1. The van der Waals surface area contributed by atoms with Gasteiger partial charge in [-0.3, -0.25) is 4.79 Å². The average molecular weight is 384 g/mol. The summed E-state index contributed by atoms with van der Waals surface area (Å²) >= 11 is 19.0. The van der Waals surface area contributed by atoms with Gasteiger partial charge in [0, 0.05) is 10.0 Å². The van der Waals surface area contributed by atoms with Crippen LogP contribution in [0.4, 0.5) is 5.69 Å². The van der Waals surface area contributed by atoms with Gasteiger partial charge in [-0.15, -0.1) is 0 Å². The quantitative estimate of drug-likeness (QED) is 0.692. The lowest BCUT2D eigenvalue weighted by atomic mass is 10.2. The number of hydrogen-bond acceptors (Lipinski definition) is 3. The Morgan fingerprint density at radius 2 is 1.70 bits per heavy atom. The molecular weight excluding hydrogens is 375 g/mol. The fourth-order valence-corrected chi connectivity index (χ4v) is 3.28. The zero-order valence-corrected chi connectivity index (χ0v) is 14.6. The molecule has 1 N–H and O–H groups in total. The summed E-state index contributed by atoms with van der Waals surface area (Å²) in [7, 11) is 0. The molecule has 0 aliphatic carbocycles. The van der Waals surface area contributed by atoms with Gasteiger partial charge >= 0.3 is 0 Å². The molecule has 1 saturated heterocycles. The summed E-state index contributed by atoms with van der Waals surface area (Å²) in [5.41, 5.74) is 1.43. The van der Waals surface area contributed by atoms with E-state index in [-0.39, 0.29) is 5.91 Å². The lowest BCUT2D eigenvalue weighted by molar-refractivity contribution is -0.115. The number of amides is 1. The third kappa shape index (κ3) is 4.09. The monoisotopic (exact) mass is 382 g/mol. The first-order valence-electron chi connectivity index (χ1n) is 6.51. The Kier molecular flexibility index (Phi) is 4.97. The first-order chi connectivity index (χ1) is 11.0. The Labute approximate surface area is 152 Å². The molecule has 0 spiro atoms. The second-order valence-electron chi connectivity index (χ2n) is 4.63. The van der Waals surface area contributed by atoms with Crippen molar-refractivity contribution in [2.75, 3.05) is 0 Å². The molecule has 0 bridgehead atoms. The highest BCUT2D eigenvalue weighted by Crippen LogP contribution is 2.32. The van der Waals surface area contributed by atoms with Crippen LogP contribution in [0.5, 0.6) is 0 Å². The molecule has 0 saturated carbocycles. The topological polar surface area (TPSA) is 41.5 Å². The number of nitrogens with zero attached hydrogens (tertiary/aromatic N) is 1. The molecule has 116 valence electrons. The van der Waals surface area contributed by atoms with Gasteiger partial charge in [-0.1, -0.05) is 46.9 Å². The van der Waals surface area contributed by atoms with Crippen molar-refractivity contribution in [2.45, 2.75) is 0 Å². The molecule has 1 heterocycles. The smallest absolute Gasteiger partial charge is 0.264 e. The molecule has 1 amide bonds. The van der Waals surface area contributed by atoms with Gasteiger partial charge in [0.25, 0.3) is 5.91 Å². The number of carbonyl (C=O) groups excluding carboxylic acids is 1. The number of benzene rings is 2. The van der Waals surface area contributed by atoms with E-state index in [2.05, 4.69) is 10.3 Å². The van der Waals surface area contributed by atoms with Crippen molar-refractivity contribution in [2.24, 2.45) is 4.99 Å². The fraction of sp³-hybridized carbons (Fsp3) is 0. The predicted molar refractivity (Wildman–Crippen MR) is 98.7 cm³/mol. The third-order valence-corrected chi connectivity index (χ3v) is 4.65. The number of thioether (sulfide) groups is 1. The van der Waals surface area contributed by atoms with Crippen LogP contribution in [0.2, 0.25) is 15.1 Å². The van der Waals surface area contributed by atoms with Crippen molar-refractivity contribution < 1.29 is 4.79 Å². The Balaban J connectivity index is 1.84. The minimum absolute atomic E-state index is 0.200. The van der Waals surface area contributed by atoms with Crippen LogP contribution in [0.1, 0.15) is 5.56 Å². The van der Waals surface area contributed by atoms with Crippen LogP contribution in [0.3, 0.4) is 0 Å². The minimum atomic E-state index is -0.200. The molecule has 0 aromatic heterocycles. The maximum Gasteiger partial charge on any atom is 0.264 e. The molecule has 7 heteroatoms. The summed E-state index contributed by atoms with van der Waals surface area (Å²) in [4.78, 5) is 16.9. The number of amidine groups is 1. The van der Waals surface area contributed by atoms with E-state index in [1.807, 2.05) is 12.1 Å². The van der Waals surface area contributed by atoms with E-state index in [1.165, 1.54) is 11.8 Å². The fourth-order valence-electron chi connectivity index (χ4n) is 1.87. The summed E-state index contributed by atoms with van der Waals surface area (Å²) in [6.07, 6.45) is 1.78. The second-order valence-corrected chi connectivity index (χ2v) is 6.94. The highest BCUT2D eigenvalue weighted by molar-refractivity contribution is 8.18. The van der Waals surface area contributed by atoms with Gasteiger partial charge in [-0.25, -0.2) is 4.99 Å². The van der Waals surface area contributed by atoms with Crippen LogP contribution >= 0.6 is 46.6 Å². The normalized spacial score (nSPS) is 17.8. The van der Waals surface area contributed by atoms with E-state index in [4.69, 9.17) is 34.8 Å². The van der Waals surface area contributed by atoms with Gasteiger partial charge in [0.15, 0.2) is 5.17 Å². The Morgan fingerprint density at radius 3 is 2.39 bits per heavy atom.